The number of hydrogen-bond donors (Lipinski definition) is 2. The van der Waals surface area contributed by atoms with Crippen molar-refractivity contribution in [3.05, 3.63) is 0 Å². The first-order chi connectivity index (χ1) is 7.25. The highest BCUT2D eigenvalue weighted by atomic mass is 28.3. The Bertz CT molecular complexity index is 232. The number of primary amides is 1. The number of aliphatic carboxylic acids is 1. The van der Waals surface area contributed by atoms with Gasteiger partial charge in [0.15, 0.2) is 5.54 Å². The highest BCUT2D eigenvalue weighted by molar-refractivity contribution is 6.57. The molecule has 0 fully saturated rings. The van der Waals surface area contributed by atoms with E-state index < -0.39 is 26.7 Å². The Kier molecular flexibility index (Phi) is 6.23. The van der Waals surface area contributed by atoms with Crippen molar-refractivity contribution in [1.82, 2.24) is 0 Å². The van der Waals surface area contributed by atoms with Crippen LogP contribution in [0.1, 0.15) is 27.7 Å². The van der Waals surface area contributed by atoms with Crippen molar-refractivity contribution in [3.63, 3.8) is 0 Å². The third-order valence-corrected chi connectivity index (χ3v) is 4.44. The van der Waals surface area contributed by atoms with Gasteiger partial charge in [0, 0.05) is 12.2 Å². The molecule has 7 heteroatoms. The topological polar surface area (TPSA) is 98.9 Å². The highest BCUT2D eigenvalue weighted by Gasteiger charge is 2.39. The number of carbonyl (C=O) groups excluding carboxylic acids is 1. The molecule has 1 unspecified atom stereocenters. The smallest absolute Gasteiger partial charge is 0.346 e. The number of nitrogens with two attached hydrogens (primary N) is 1. The summed E-state index contributed by atoms with van der Waals surface area (Å²) in [5.74, 6) is -2.20. The molecule has 6 nitrogen and oxygen atoms in total. The van der Waals surface area contributed by atoms with Gasteiger partial charge in [-0.05, 0) is 27.7 Å². The van der Waals surface area contributed by atoms with E-state index in [-0.39, 0.29) is 12.2 Å². The Labute approximate surface area is 96.6 Å². The van der Waals surface area contributed by atoms with Crippen LogP contribution in [0.25, 0.3) is 0 Å². The summed E-state index contributed by atoms with van der Waals surface area (Å²) < 4.78 is 10.8. The van der Waals surface area contributed by atoms with Crippen molar-refractivity contribution in [1.29, 1.82) is 0 Å². The van der Waals surface area contributed by atoms with Crippen molar-refractivity contribution in [2.75, 3.05) is 0 Å². The van der Waals surface area contributed by atoms with Gasteiger partial charge in [0.25, 0.3) is 0 Å². The Morgan fingerprint density at radius 1 is 1.12 bits per heavy atom. The first-order valence-corrected chi connectivity index (χ1v) is 6.69. The molecule has 0 saturated heterocycles. The van der Waals surface area contributed by atoms with Crippen LogP contribution in [-0.4, -0.2) is 38.5 Å². The molecular weight excluding hydrogens is 230 g/mol. The zero-order chi connectivity index (χ0) is 12.9. The van der Waals surface area contributed by atoms with E-state index in [4.69, 9.17) is 19.7 Å². The van der Waals surface area contributed by atoms with E-state index in [1.165, 1.54) is 0 Å². The third-order valence-electron chi connectivity index (χ3n) is 1.66. The lowest BCUT2D eigenvalue weighted by molar-refractivity contribution is -0.140. The molecule has 0 aromatic heterocycles. The van der Waals surface area contributed by atoms with E-state index in [1.807, 2.05) is 0 Å². The maximum absolute atomic E-state index is 11.1. The summed E-state index contributed by atoms with van der Waals surface area (Å²) >= 11 is 0. The molecule has 1 atom stereocenters. The second-order valence-electron chi connectivity index (χ2n) is 3.96. The van der Waals surface area contributed by atoms with Crippen LogP contribution in [-0.2, 0) is 18.4 Å². The molecular formula is C9H19NO5Si. The maximum Gasteiger partial charge on any atom is 0.346 e. The zero-order valence-corrected chi connectivity index (χ0v) is 11.1. The van der Waals surface area contributed by atoms with Crippen LogP contribution in [0.3, 0.4) is 0 Å². The third kappa shape index (κ3) is 5.24. The fourth-order valence-electron chi connectivity index (χ4n) is 1.10. The summed E-state index contributed by atoms with van der Waals surface area (Å²) in [6, 6.07) is 0. The van der Waals surface area contributed by atoms with Gasteiger partial charge >= 0.3 is 15.3 Å². The van der Waals surface area contributed by atoms with Gasteiger partial charge in [0.2, 0.25) is 5.91 Å². The molecule has 0 aliphatic rings. The van der Waals surface area contributed by atoms with Gasteiger partial charge in [0.1, 0.15) is 0 Å². The van der Waals surface area contributed by atoms with Crippen molar-refractivity contribution < 1.29 is 23.5 Å². The van der Waals surface area contributed by atoms with Gasteiger partial charge < -0.3 is 19.7 Å². The number of carboxylic acids is 1. The van der Waals surface area contributed by atoms with Gasteiger partial charge in [-0.25, -0.2) is 0 Å². The molecule has 0 rings (SSSR count). The lowest BCUT2D eigenvalue weighted by Gasteiger charge is -2.24. The van der Waals surface area contributed by atoms with Gasteiger partial charge in [-0.1, -0.05) is 0 Å². The number of hydrogen-bond acceptors (Lipinski definition) is 4. The van der Waals surface area contributed by atoms with Crippen LogP contribution in [0.4, 0.5) is 0 Å². The second kappa shape index (κ2) is 6.61. The van der Waals surface area contributed by atoms with Crippen LogP contribution < -0.4 is 5.73 Å². The summed E-state index contributed by atoms with van der Waals surface area (Å²) in [5.41, 5.74) is 3.69. The SMILES string of the molecule is CC(C)O[SiH](OC(C)C)C(C(N)=O)C(=O)O. The summed E-state index contributed by atoms with van der Waals surface area (Å²) in [6.07, 6.45) is -0.395. The van der Waals surface area contributed by atoms with E-state index in [1.54, 1.807) is 27.7 Å². The summed E-state index contributed by atoms with van der Waals surface area (Å²) in [4.78, 5) is 22.0. The molecule has 0 heterocycles. The molecule has 3 N–H and O–H groups in total. The number of amides is 1. The summed E-state index contributed by atoms with van der Waals surface area (Å²) in [6.45, 7) is 7.01. The molecule has 0 aromatic rings. The number of carboxylic acid groups (broad SMARTS) is 1. The van der Waals surface area contributed by atoms with Crippen LogP contribution in [0.15, 0.2) is 0 Å². The molecule has 16 heavy (non-hydrogen) atoms. The Morgan fingerprint density at radius 3 is 1.69 bits per heavy atom. The summed E-state index contributed by atoms with van der Waals surface area (Å²) in [5, 5.41) is 8.91. The predicted octanol–water partition coefficient (Wildman–Crippen LogP) is -0.00300. The zero-order valence-electron chi connectivity index (χ0n) is 9.97. The molecule has 0 aromatic carbocycles. The standard InChI is InChI=1S/C9H19NO5Si/c1-5(2)14-16(15-6(3)4)7(8(10)11)9(12)13/h5-7,16H,1-4H3,(H2,10,11)(H,12,13). The summed E-state index contributed by atoms with van der Waals surface area (Å²) in [7, 11) is -2.65. The maximum atomic E-state index is 11.1. The van der Waals surface area contributed by atoms with E-state index >= 15 is 0 Å². The van der Waals surface area contributed by atoms with Gasteiger partial charge in [-0.3, -0.25) is 9.59 Å². The monoisotopic (exact) mass is 249 g/mol. The lowest BCUT2D eigenvalue weighted by atomic mass is 10.4. The van der Waals surface area contributed by atoms with E-state index in [0.29, 0.717) is 0 Å². The van der Waals surface area contributed by atoms with Crippen molar-refractivity contribution in [2.45, 2.75) is 45.4 Å². The van der Waals surface area contributed by atoms with Gasteiger partial charge in [-0.2, -0.15) is 0 Å². The van der Waals surface area contributed by atoms with E-state index in [2.05, 4.69) is 0 Å². The average Bonchev–Trinajstić information content (AvgIpc) is 1.98. The quantitative estimate of drug-likeness (QED) is 0.488. The molecule has 94 valence electrons. The number of carbonyl (C=O) groups is 2. The molecule has 0 spiro atoms. The molecule has 0 aliphatic heterocycles. The molecule has 1 amide bonds. The molecule has 0 bridgehead atoms. The predicted molar refractivity (Wildman–Crippen MR) is 60.2 cm³/mol. The molecule has 0 saturated carbocycles. The van der Waals surface area contributed by atoms with E-state index in [9.17, 15) is 9.59 Å². The largest absolute Gasteiger partial charge is 0.481 e. The minimum absolute atomic E-state index is 0.198. The van der Waals surface area contributed by atoms with Gasteiger partial charge in [-0.15, -0.1) is 0 Å². The lowest BCUT2D eigenvalue weighted by Crippen LogP contribution is -2.43. The highest BCUT2D eigenvalue weighted by Crippen LogP contribution is 2.16. The van der Waals surface area contributed by atoms with Gasteiger partial charge in [0.05, 0.1) is 0 Å². The number of rotatable bonds is 7. The Morgan fingerprint density at radius 2 is 1.50 bits per heavy atom. The fourth-order valence-corrected chi connectivity index (χ4v) is 3.05. The first kappa shape index (κ1) is 15.1. The van der Waals surface area contributed by atoms with Crippen molar-refractivity contribution in [3.8, 4) is 0 Å². The Balaban J connectivity index is 4.80. The van der Waals surface area contributed by atoms with Crippen LogP contribution in [0.5, 0.6) is 0 Å². The van der Waals surface area contributed by atoms with Crippen molar-refractivity contribution >= 4 is 21.2 Å². The van der Waals surface area contributed by atoms with Crippen molar-refractivity contribution in [2.24, 2.45) is 5.73 Å². The average molecular weight is 249 g/mol. The minimum atomic E-state index is -2.65. The van der Waals surface area contributed by atoms with Crippen LogP contribution in [0.2, 0.25) is 5.54 Å². The van der Waals surface area contributed by atoms with Crippen LogP contribution in [0, 0.1) is 0 Å². The van der Waals surface area contributed by atoms with Crippen LogP contribution >= 0.6 is 0 Å². The Hall–Kier alpha value is -0.923. The van der Waals surface area contributed by atoms with E-state index in [0.717, 1.165) is 0 Å². The minimum Gasteiger partial charge on any atom is -0.481 e. The normalized spacial score (nSPS) is 13.4. The second-order valence-corrected chi connectivity index (χ2v) is 5.90. The fraction of sp³-hybridized carbons (Fsp3) is 0.778. The molecule has 0 radical (unpaired) electrons. The first-order valence-electron chi connectivity index (χ1n) is 5.08. The molecule has 0 aliphatic carbocycles.